The van der Waals surface area contributed by atoms with Gasteiger partial charge in [0.2, 0.25) is 0 Å². The van der Waals surface area contributed by atoms with Gasteiger partial charge in [-0.2, -0.15) is 11.8 Å². The van der Waals surface area contributed by atoms with Gasteiger partial charge in [0.25, 0.3) is 0 Å². The van der Waals surface area contributed by atoms with Crippen LogP contribution in [0.1, 0.15) is 58.3 Å². The van der Waals surface area contributed by atoms with Crippen LogP contribution in [0.4, 0.5) is 0 Å². The number of thioether (sulfide) groups is 1. The summed E-state index contributed by atoms with van der Waals surface area (Å²) in [5.41, 5.74) is 0. The van der Waals surface area contributed by atoms with Crippen LogP contribution < -0.4 is 5.32 Å². The summed E-state index contributed by atoms with van der Waals surface area (Å²) in [7, 11) is 0. The zero-order valence-electron chi connectivity index (χ0n) is 11.8. The Bertz CT molecular complexity index is 219. The summed E-state index contributed by atoms with van der Waals surface area (Å²) < 4.78 is 5.95. The summed E-state index contributed by atoms with van der Waals surface area (Å²) in [6.45, 7) is 4.44. The lowest BCUT2D eigenvalue weighted by molar-refractivity contribution is 0.0270. The van der Waals surface area contributed by atoms with Gasteiger partial charge in [-0.1, -0.05) is 26.2 Å². The highest BCUT2D eigenvalue weighted by Gasteiger charge is 2.20. The number of ether oxygens (including phenoxy) is 1. The molecule has 0 aromatic carbocycles. The molecule has 0 bridgehead atoms. The normalized spacial score (nSPS) is 30.5. The second-order valence-electron chi connectivity index (χ2n) is 5.76. The van der Waals surface area contributed by atoms with E-state index in [9.17, 15) is 0 Å². The minimum atomic E-state index is 0.572. The number of nitrogens with one attached hydrogen (secondary N) is 1. The molecule has 106 valence electrons. The summed E-state index contributed by atoms with van der Waals surface area (Å²) in [5.74, 6) is 1.35. The average Bonchev–Trinajstić information content (AvgIpc) is 2.42. The summed E-state index contributed by atoms with van der Waals surface area (Å²) in [6, 6.07) is 0.735. The third kappa shape index (κ3) is 5.10. The van der Waals surface area contributed by atoms with Crippen molar-refractivity contribution >= 4 is 11.8 Å². The minimum absolute atomic E-state index is 0.572. The van der Waals surface area contributed by atoms with Crippen molar-refractivity contribution in [2.24, 2.45) is 0 Å². The topological polar surface area (TPSA) is 21.3 Å². The quantitative estimate of drug-likeness (QED) is 0.746. The van der Waals surface area contributed by atoms with E-state index in [-0.39, 0.29) is 0 Å². The van der Waals surface area contributed by atoms with E-state index in [1.54, 1.807) is 0 Å². The molecule has 0 radical (unpaired) electrons. The summed E-state index contributed by atoms with van der Waals surface area (Å²) in [6.07, 6.45) is 11.2. The van der Waals surface area contributed by atoms with Gasteiger partial charge in [-0.25, -0.2) is 0 Å². The van der Waals surface area contributed by atoms with E-state index >= 15 is 0 Å². The summed E-state index contributed by atoms with van der Waals surface area (Å²) >= 11 is 2.12. The first-order chi connectivity index (χ1) is 8.86. The molecule has 0 aromatic rings. The van der Waals surface area contributed by atoms with Crippen molar-refractivity contribution in [3.8, 4) is 0 Å². The predicted molar refractivity (Wildman–Crippen MR) is 80.4 cm³/mol. The Labute approximate surface area is 117 Å². The molecular formula is C15H29NOS. The van der Waals surface area contributed by atoms with Crippen LogP contribution in [0.25, 0.3) is 0 Å². The lowest BCUT2D eigenvalue weighted by Gasteiger charge is -2.29. The van der Waals surface area contributed by atoms with Gasteiger partial charge in [0.1, 0.15) is 0 Å². The maximum atomic E-state index is 5.95. The van der Waals surface area contributed by atoms with Gasteiger partial charge in [0, 0.05) is 17.9 Å². The van der Waals surface area contributed by atoms with Gasteiger partial charge >= 0.3 is 0 Å². The fourth-order valence-electron chi connectivity index (χ4n) is 3.03. The molecule has 1 heterocycles. The van der Waals surface area contributed by atoms with E-state index in [0.717, 1.165) is 24.4 Å². The molecule has 1 aliphatic heterocycles. The highest BCUT2D eigenvalue weighted by molar-refractivity contribution is 7.99. The van der Waals surface area contributed by atoms with Crippen molar-refractivity contribution in [3.05, 3.63) is 0 Å². The van der Waals surface area contributed by atoms with Gasteiger partial charge in [0.15, 0.2) is 0 Å². The Morgan fingerprint density at radius 2 is 1.94 bits per heavy atom. The average molecular weight is 271 g/mol. The first kappa shape index (κ1) is 14.7. The van der Waals surface area contributed by atoms with E-state index in [2.05, 4.69) is 24.0 Å². The van der Waals surface area contributed by atoms with Crippen molar-refractivity contribution < 1.29 is 4.74 Å². The molecule has 18 heavy (non-hydrogen) atoms. The van der Waals surface area contributed by atoms with E-state index in [1.165, 1.54) is 57.1 Å². The molecule has 2 rings (SSSR count). The monoisotopic (exact) mass is 271 g/mol. The minimum Gasteiger partial charge on any atom is -0.378 e. The smallest absolute Gasteiger partial charge is 0.0575 e. The fourth-order valence-corrected chi connectivity index (χ4v) is 4.20. The number of hydrogen-bond donors (Lipinski definition) is 1. The largest absolute Gasteiger partial charge is 0.378 e. The van der Waals surface area contributed by atoms with Crippen LogP contribution in [0, 0.1) is 0 Å². The number of rotatable bonds is 6. The highest BCUT2D eigenvalue weighted by atomic mass is 32.2. The summed E-state index contributed by atoms with van der Waals surface area (Å²) in [5, 5.41) is 4.50. The van der Waals surface area contributed by atoms with Crippen LogP contribution in [-0.4, -0.2) is 36.3 Å². The second kappa shape index (κ2) is 8.44. The molecule has 0 amide bonds. The Hall–Kier alpha value is 0.270. The third-order valence-corrected chi connectivity index (χ3v) is 5.62. The number of hydrogen-bond acceptors (Lipinski definition) is 3. The molecule has 2 unspecified atom stereocenters. The van der Waals surface area contributed by atoms with Gasteiger partial charge in [-0.05, 0) is 44.4 Å². The molecule has 1 aliphatic carbocycles. The zero-order valence-corrected chi connectivity index (χ0v) is 12.6. The van der Waals surface area contributed by atoms with E-state index in [0.29, 0.717) is 6.10 Å². The van der Waals surface area contributed by atoms with E-state index < -0.39 is 0 Å². The molecule has 2 aliphatic rings. The molecule has 1 saturated carbocycles. The first-order valence-corrected chi connectivity index (χ1v) is 8.88. The molecule has 2 fully saturated rings. The Morgan fingerprint density at radius 3 is 2.72 bits per heavy atom. The first-order valence-electron chi connectivity index (χ1n) is 7.83. The SMILES string of the molecule is CC1SCCCC1NCCCOC1CCCCC1. The van der Waals surface area contributed by atoms with Crippen LogP contribution >= 0.6 is 11.8 Å². The molecule has 2 atom stereocenters. The molecule has 1 saturated heterocycles. The maximum absolute atomic E-state index is 5.95. The standard InChI is InChI=1S/C15H29NOS/c1-13-15(9-5-12-18-13)16-10-6-11-17-14-7-3-2-4-8-14/h13-16H,2-12H2,1H3. The fraction of sp³-hybridized carbons (Fsp3) is 1.00. The van der Waals surface area contributed by atoms with Gasteiger partial charge in [0.05, 0.1) is 6.10 Å². The van der Waals surface area contributed by atoms with Crippen molar-refractivity contribution in [1.82, 2.24) is 5.32 Å². The van der Waals surface area contributed by atoms with E-state index in [4.69, 9.17) is 4.74 Å². The van der Waals surface area contributed by atoms with Crippen molar-refractivity contribution in [3.63, 3.8) is 0 Å². The van der Waals surface area contributed by atoms with E-state index in [1.807, 2.05) is 0 Å². The van der Waals surface area contributed by atoms with Gasteiger partial charge in [-0.3, -0.25) is 0 Å². The van der Waals surface area contributed by atoms with Crippen molar-refractivity contribution in [1.29, 1.82) is 0 Å². The molecule has 0 spiro atoms. The van der Waals surface area contributed by atoms with Crippen LogP contribution in [0.5, 0.6) is 0 Å². The van der Waals surface area contributed by atoms with Crippen molar-refractivity contribution in [2.45, 2.75) is 75.7 Å². The van der Waals surface area contributed by atoms with Crippen LogP contribution in [0.2, 0.25) is 0 Å². The lowest BCUT2D eigenvalue weighted by atomic mass is 9.98. The second-order valence-corrected chi connectivity index (χ2v) is 7.25. The van der Waals surface area contributed by atoms with Crippen LogP contribution in [0.15, 0.2) is 0 Å². The van der Waals surface area contributed by atoms with Crippen LogP contribution in [0.3, 0.4) is 0 Å². The Kier molecular flexibility index (Phi) is 6.88. The predicted octanol–water partition coefficient (Wildman–Crippen LogP) is 3.60. The molecular weight excluding hydrogens is 242 g/mol. The molecule has 0 aromatic heterocycles. The lowest BCUT2D eigenvalue weighted by Crippen LogP contribution is -2.40. The van der Waals surface area contributed by atoms with Crippen LogP contribution in [-0.2, 0) is 4.74 Å². The molecule has 3 heteroatoms. The molecule has 2 nitrogen and oxygen atoms in total. The summed E-state index contributed by atoms with van der Waals surface area (Å²) in [4.78, 5) is 0. The Morgan fingerprint density at radius 1 is 1.11 bits per heavy atom. The van der Waals surface area contributed by atoms with Gasteiger partial charge < -0.3 is 10.1 Å². The van der Waals surface area contributed by atoms with Gasteiger partial charge in [-0.15, -0.1) is 0 Å². The third-order valence-electron chi connectivity index (χ3n) is 4.24. The highest BCUT2D eigenvalue weighted by Crippen LogP contribution is 2.25. The molecule has 1 N–H and O–H groups in total. The van der Waals surface area contributed by atoms with Crippen molar-refractivity contribution in [2.75, 3.05) is 18.9 Å². The Balaban J connectivity index is 1.47. The zero-order chi connectivity index (χ0) is 12.6. The maximum Gasteiger partial charge on any atom is 0.0575 e.